The van der Waals surface area contributed by atoms with E-state index in [2.05, 4.69) is 25.6 Å². The lowest BCUT2D eigenvalue weighted by atomic mass is 10.2. The van der Waals surface area contributed by atoms with Crippen LogP contribution in [0.15, 0.2) is 41.7 Å². The molecule has 0 saturated heterocycles. The normalized spacial score (nSPS) is 10.8. The lowest BCUT2D eigenvalue weighted by Crippen LogP contribution is -2.38. The highest BCUT2D eigenvalue weighted by molar-refractivity contribution is 14.0. The molecule has 0 radical (unpaired) electrons. The molecular formula is C17H23ClIN5O. The van der Waals surface area contributed by atoms with Gasteiger partial charge in [0.15, 0.2) is 5.96 Å². The molecule has 0 atom stereocenters. The Morgan fingerprint density at radius 3 is 2.76 bits per heavy atom. The molecule has 136 valence electrons. The average Bonchev–Trinajstić information content (AvgIpc) is 2.61. The number of pyridine rings is 2. The summed E-state index contributed by atoms with van der Waals surface area (Å²) in [4.78, 5) is 12.5. The Balaban J connectivity index is 0.00000312. The minimum atomic E-state index is 0. The van der Waals surface area contributed by atoms with Gasteiger partial charge < -0.3 is 15.4 Å². The van der Waals surface area contributed by atoms with Gasteiger partial charge >= 0.3 is 0 Å². The number of ether oxygens (including phenoxy) is 1. The number of nitrogens with zero attached hydrogens (tertiary/aromatic N) is 3. The first kappa shape index (κ1) is 21.4. The third-order valence-electron chi connectivity index (χ3n) is 3.30. The van der Waals surface area contributed by atoms with Gasteiger partial charge in [0.25, 0.3) is 0 Å². The number of halogens is 2. The van der Waals surface area contributed by atoms with Crippen molar-refractivity contribution in [2.24, 2.45) is 4.99 Å². The molecule has 6 nitrogen and oxygen atoms in total. The summed E-state index contributed by atoms with van der Waals surface area (Å²) >= 11 is 5.78. The minimum Gasteiger partial charge on any atom is -0.478 e. The number of guanidine groups is 1. The van der Waals surface area contributed by atoms with Crippen LogP contribution in [0, 0.1) is 0 Å². The van der Waals surface area contributed by atoms with Crippen molar-refractivity contribution in [1.29, 1.82) is 0 Å². The Morgan fingerprint density at radius 2 is 2.08 bits per heavy atom. The van der Waals surface area contributed by atoms with Crippen LogP contribution in [0.5, 0.6) is 5.88 Å². The van der Waals surface area contributed by atoms with Crippen LogP contribution in [0.3, 0.4) is 0 Å². The molecule has 0 amide bonds. The van der Waals surface area contributed by atoms with Gasteiger partial charge in [0.2, 0.25) is 5.88 Å². The van der Waals surface area contributed by atoms with Crippen LogP contribution >= 0.6 is 35.6 Å². The highest BCUT2D eigenvalue weighted by Gasteiger charge is 2.05. The molecule has 0 spiro atoms. The lowest BCUT2D eigenvalue weighted by Gasteiger charge is -2.13. The quantitative estimate of drug-likeness (QED) is 0.279. The molecule has 0 bridgehead atoms. The van der Waals surface area contributed by atoms with Crippen LogP contribution in [0.1, 0.15) is 18.1 Å². The molecule has 0 fully saturated rings. The van der Waals surface area contributed by atoms with Gasteiger partial charge in [0.1, 0.15) is 5.15 Å². The summed E-state index contributed by atoms with van der Waals surface area (Å²) < 4.78 is 5.52. The average molecular weight is 476 g/mol. The number of aromatic nitrogens is 2. The predicted molar refractivity (Wildman–Crippen MR) is 112 cm³/mol. The number of rotatable bonds is 7. The molecule has 25 heavy (non-hydrogen) atoms. The Labute approximate surface area is 170 Å². The van der Waals surface area contributed by atoms with Gasteiger partial charge in [0.05, 0.1) is 6.61 Å². The van der Waals surface area contributed by atoms with E-state index in [1.807, 2.05) is 25.1 Å². The summed E-state index contributed by atoms with van der Waals surface area (Å²) in [5.74, 6) is 1.37. The van der Waals surface area contributed by atoms with Crippen molar-refractivity contribution in [3.8, 4) is 5.88 Å². The molecule has 2 aromatic rings. The van der Waals surface area contributed by atoms with Crippen molar-refractivity contribution >= 4 is 41.5 Å². The van der Waals surface area contributed by atoms with Crippen LogP contribution in [0.25, 0.3) is 0 Å². The van der Waals surface area contributed by atoms with Crippen molar-refractivity contribution in [3.63, 3.8) is 0 Å². The fourth-order valence-corrected chi connectivity index (χ4v) is 2.22. The van der Waals surface area contributed by atoms with E-state index >= 15 is 0 Å². The third-order valence-corrected chi connectivity index (χ3v) is 3.52. The van der Waals surface area contributed by atoms with E-state index in [1.54, 1.807) is 25.5 Å². The predicted octanol–water partition coefficient (Wildman–Crippen LogP) is 3.05. The zero-order valence-electron chi connectivity index (χ0n) is 14.3. The van der Waals surface area contributed by atoms with Crippen LogP contribution in [-0.4, -0.2) is 36.1 Å². The van der Waals surface area contributed by atoms with Crippen molar-refractivity contribution in [2.75, 3.05) is 20.2 Å². The summed E-state index contributed by atoms with van der Waals surface area (Å²) in [7, 11) is 1.74. The van der Waals surface area contributed by atoms with E-state index in [1.165, 1.54) is 0 Å². The zero-order valence-corrected chi connectivity index (χ0v) is 17.4. The second kappa shape index (κ2) is 11.9. The largest absolute Gasteiger partial charge is 0.478 e. The zero-order chi connectivity index (χ0) is 17.2. The van der Waals surface area contributed by atoms with E-state index in [4.69, 9.17) is 16.3 Å². The second-order valence-electron chi connectivity index (χ2n) is 4.99. The molecule has 2 rings (SSSR count). The van der Waals surface area contributed by atoms with Gasteiger partial charge in [-0.05, 0) is 31.0 Å². The molecule has 8 heteroatoms. The van der Waals surface area contributed by atoms with Crippen LogP contribution in [0.2, 0.25) is 5.15 Å². The lowest BCUT2D eigenvalue weighted by molar-refractivity contribution is 0.322. The van der Waals surface area contributed by atoms with E-state index in [-0.39, 0.29) is 24.0 Å². The number of aliphatic imine (C=N–C) groups is 1. The van der Waals surface area contributed by atoms with E-state index in [0.29, 0.717) is 24.2 Å². The first-order valence-corrected chi connectivity index (χ1v) is 8.22. The van der Waals surface area contributed by atoms with E-state index < -0.39 is 0 Å². The molecular weight excluding hydrogens is 453 g/mol. The maximum absolute atomic E-state index is 5.78. The standard InChI is InChI=1S/C17H22ClN5O.HI/c1-3-24-16-14(5-4-9-20-16)12-23-17(19-2)21-10-8-13-6-7-15(18)22-11-13;/h4-7,9,11H,3,8,10,12H2,1-2H3,(H2,19,21,23);1H. The maximum Gasteiger partial charge on any atom is 0.218 e. The summed E-state index contributed by atoms with van der Waals surface area (Å²) in [6.07, 6.45) is 4.34. The van der Waals surface area contributed by atoms with Crippen molar-refractivity contribution in [3.05, 3.63) is 52.9 Å². The second-order valence-corrected chi connectivity index (χ2v) is 5.38. The topological polar surface area (TPSA) is 71.4 Å². The molecule has 0 unspecified atom stereocenters. The molecule has 0 aliphatic rings. The molecule has 0 saturated carbocycles. The fraction of sp³-hybridized carbons (Fsp3) is 0.353. The molecule has 2 N–H and O–H groups in total. The number of nitrogens with one attached hydrogen (secondary N) is 2. The Hall–Kier alpha value is -1.61. The fourth-order valence-electron chi connectivity index (χ4n) is 2.10. The molecule has 0 aliphatic carbocycles. The Kier molecular flexibility index (Phi) is 10.2. The van der Waals surface area contributed by atoms with Crippen LogP contribution in [-0.2, 0) is 13.0 Å². The number of hydrogen-bond acceptors (Lipinski definition) is 4. The summed E-state index contributed by atoms with van der Waals surface area (Å²) in [6.45, 7) is 3.86. The van der Waals surface area contributed by atoms with Crippen LogP contribution < -0.4 is 15.4 Å². The maximum atomic E-state index is 5.78. The molecule has 2 heterocycles. The molecule has 0 aromatic carbocycles. The van der Waals surface area contributed by atoms with Crippen molar-refractivity contribution in [2.45, 2.75) is 19.9 Å². The van der Waals surface area contributed by atoms with E-state index in [0.717, 1.165) is 30.1 Å². The highest BCUT2D eigenvalue weighted by atomic mass is 127. The van der Waals surface area contributed by atoms with Gasteiger partial charge in [-0.25, -0.2) is 9.97 Å². The Morgan fingerprint density at radius 1 is 1.24 bits per heavy atom. The van der Waals surface area contributed by atoms with Gasteiger partial charge in [0, 0.05) is 38.1 Å². The van der Waals surface area contributed by atoms with Gasteiger partial charge in [-0.2, -0.15) is 0 Å². The molecule has 0 aliphatic heterocycles. The number of hydrogen-bond donors (Lipinski definition) is 2. The molecule has 2 aromatic heterocycles. The minimum absolute atomic E-state index is 0. The van der Waals surface area contributed by atoms with Crippen LogP contribution in [0.4, 0.5) is 0 Å². The summed E-state index contributed by atoms with van der Waals surface area (Å²) in [5.41, 5.74) is 2.11. The first-order valence-electron chi connectivity index (χ1n) is 7.84. The first-order chi connectivity index (χ1) is 11.7. The van der Waals surface area contributed by atoms with Gasteiger partial charge in [-0.3, -0.25) is 4.99 Å². The SMILES string of the molecule is CCOc1ncccc1CNC(=NC)NCCc1ccc(Cl)nc1.I. The third kappa shape index (κ3) is 7.43. The van der Waals surface area contributed by atoms with Gasteiger partial charge in [-0.15, -0.1) is 24.0 Å². The Bertz CT molecular complexity index is 666. The van der Waals surface area contributed by atoms with Crippen molar-refractivity contribution < 1.29 is 4.74 Å². The van der Waals surface area contributed by atoms with Crippen molar-refractivity contribution in [1.82, 2.24) is 20.6 Å². The van der Waals surface area contributed by atoms with Gasteiger partial charge in [-0.1, -0.05) is 23.7 Å². The summed E-state index contributed by atoms with van der Waals surface area (Å²) in [6, 6.07) is 7.64. The monoisotopic (exact) mass is 475 g/mol. The summed E-state index contributed by atoms with van der Waals surface area (Å²) in [5, 5.41) is 7.04. The smallest absolute Gasteiger partial charge is 0.218 e. The van der Waals surface area contributed by atoms with E-state index in [9.17, 15) is 0 Å². The highest BCUT2D eigenvalue weighted by Crippen LogP contribution is 2.13.